The van der Waals surface area contributed by atoms with Crippen LogP contribution in [0.25, 0.3) is 5.76 Å². The number of hydrogen-bond donors (Lipinski definition) is 1. The van der Waals surface area contributed by atoms with E-state index in [2.05, 4.69) is 4.90 Å². The number of benzene rings is 2. The van der Waals surface area contributed by atoms with Gasteiger partial charge >= 0.3 is 0 Å². The molecule has 0 radical (unpaired) electrons. The summed E-state index contributed by atoms with van der Waals surface area (Å²) in [4.78, 5) is 29.6. The van der Waals surface area contributed by atoms with Crippen molar-refractivity contribution in [1.82, 2.24) is 9.80 Å². The number of aliphatic hydroxyl groups is 1. The number of carbonyl (C=O) groups excluding carboxylic acids is 2. The molecule has 0 saturated carbocycles. The summed E-state index contributed by atoms with van der Waals surface area (Å²) < 4.78 is 5.38. The van der Waals surface area contributed by atoms with Gasteiger partial charge in [0.25, 0.3) is 11.7 Å². The van der Waals surface area contributed by atoms with Crippen molar-refractivity contribution in [3.63, 3.8) is 0 Å². The van der Waals surface area contributed by atoms with Crippen LogP contribution in [0.1, 0.15) is 17.2 Å². The number of likely N-dealkylation sites (tertiary alicyclic amines) is 1. The zero-order chi connectivity index (χ0) is 20.2. The van der Waals surface area contributed by atoms with Crippen molar-refractivity contribution in [3.05, 3.63) is 77.4 Å². The Morgan fingerprint density at radius 1 is 0.931 bits per heavy atom. The minimum atomic E-state index is -0.637. The van der Waals surface area contributed by atoms with Gasteiger partial charge in [-0.25, -0.2) is 0 Å². The van der Waals surface area contributed by atoms with E-state index in [0.29, 0.717) is 31.9 Å². The zero-order valence-electron chi connectivity index (χ0n) is 16.2. The lowest BCUT2D eigenvalue weighted by atomic mass is 9.95. The summed E-state index contributed by atoms with van der Waals surface area (Å²) in [5.74, 6) is -1.33. The van der Waals surface area contributed by atoms with Crippen LogP contribution in [0.4, 0.5) is 0 Å². The van der Waals surface area contributed by atoms with Gasteiger partial charge in [-0.2, -0.15) is 0 Å². The Balaban J connectivity index is 1.70. The minimum absolute atomic E-state index is 0.133. The summed E-state index contributed by atoms with van der Waals surface area (Å²) in [6, 6.07) is 17.7. The van der Waals surface area contributed by atoms with Crippen molar-refractivity contribution in [2.24, 2.45) is 0 Å². The molecule has 6 nitrogen and oxygen atoms in total. The fourth-order valence-electron chi connectivity index (χ4n) is 3.92. The number of carbonyl (C=O) groups is 2. The fraction of sp³-hybridized carbons (Fsp3) is 0.304. The Morgan fingerprint density at radius 3 is 2.21 bits per heavy atom. The van der Waals surface area contributed by atoms with Crippen molar-refractivity contribution in [1.29, 1.82) is 0 Å². The fourth-order valence-corrected chi connectivity index (χ4v) is 3.92. The van der Waals surface area contributed by atoms with Gasteiger partial charge in [0.2, 0.25) is 0 Å². The maximum absolute atomic E-state index is 12.9. The van der Waals surface area contributed by atoms with Crippen molar-refractivity contribution >= 4 is 17.4 Å². The Kier molecular flexibility index (Phi) is 5.74. The summed E-state index contributed by atoms with van der Waals surface area (Å²) in [6.07, 6.45) is 0. The second kappa shape index (κ2) is 8.59. The quantitative estimate of drug-likeness (QED) is 0.481. The van der Waals surface area contributed by atoms with E-state index in [0.717, 1.165) is 18.7 Å². The van der Waals surface area contributed by atoms with Crippen molar-refractivity contribution < 1.29 is 19.4 Å². The number of hydrogen-bond acceptors (Lipinski definition) is 5. The van der Waals surface area contributed by atoms with Crippen LogP contribution in [-0.2, 0) is 14.3 Å². The van der Waals surface area contributed by atoms with Crippen LogP contribution >= 0.6 is 0 Å². The summed E-state index contributed by atoms with van der Waals surface area (Å²) in [7, 11) is 0. The Morgan fingerprint density at radius 2 is 1.55 bits per heavy atom. The van der Waals surface area contributed by atoms with Gasteiger partial charge in [0.15, 0.2) is 0 Å². The molecule has 2 aliphatic rings. The molecule has 2 heterocycles. The van der Waals surface area contributed by atoms with Gasteiger partial charge in [-0.1, -0.05) is 60.7 Å². The van der Waals surface area contributed by atoms with Gasteiger partial charge in [0.1, 0.15) is 5.76 Å². The van der Waals surface area contributed by atoms with Crippen LogP contribution in [-0.4, -0.2) is 66.0 Å². The molecule has 2 aromatic carbocycles. The summed E-state index contributed by atoms with van der Waals surface area (Å²) >= 11 is 0. The predicted octanol–water partition coefficient (Wildman–Crippen LogP) is 2.44. The highest BCUT2D eigenvalue weighted by Gasteiger charge is 2.45. The Hall–Kier alpha value is -2.96. The smallest absolute Gasteiger partial charge is 0.295 e. The first kappa shape index (κ1) is 19.4. The van der Waals surface area contributed by atoms with Gasteiger partial charge in [-0.3, -0.25) is 14.5 Å². The van der Waals surface area contributed by atoms with Crippen LogP contribution in [0, 0.1) is 0 Å². The van der Waals surface area contributed by atoms with E-state index in [4.69, 9.17) is 4.74 Å². The second-order valence-electron chi connectivity index (χ2n) is 7.22. The van der Waals surface area contributed by atoms with Gasteiger partial charge in [-0.05, 0) is 5.56 Å². The number of ether oxygens (including phenoxy) is 1. The number of nitrogens with zero attached hydrogens (tertiary/aromatic N) is 2. The van der Waals surface area contributed by atoms with Crippen LogP contribution in [0.5, 0.6) is 0 Å². The molecule has 1 unspecified atom stereocenters. The SMILES string of the molecule is O=C1C(=O)N(CCN2CCOCC2)C(c2ccccc2)/C1=C(/O)c1ccccc1. The maximum atomic E-state index is 12.9. The second-order valence-corrected chi connectivity index (χ2v) is 7.22. The maximum Gasteiger partial charge on any atom is 0.295 e. The molecule has 4 rings (SSSR count). The van der Waals surface area contributed by atoms with E-state index in [-0.39, 0.29) is 11.3 Å². The number of rotatable bonds is 5. The molecule has 150 valence electrons. The number of amides is 1. The van der Waals surface area contributed by atoms with Gasteiger partial charge < -0.3 is 14.7 Å². The Labute approximate surface area is 170 Å². The van der Waals surface area contributed by atoms with E-state index >= 15 is 0 Å². The molecule has 1 N–H and O–H groups in total. The summed E-state index contributed by atoms with van der Waals surface area (Å²) in [5.41, 5.74) is 1.49. The number of aliphatic hydroxyl groups excluding tert-OH is 1. The van der Waals surface area contributed by atoms with Crippen LogP contribution < -0.4 is 0 Å². The molecule has 2 fully saturated rings. The van der Waals surface area contributed by atoms with E-state index in [1.54, 1.807) is 29.2 Å². The standard InChI is InChI=1S/C23H24N2O4/c26-21(18-9-5-2-6-10-18)19-20(17-7-3-1-4-8-17)25(23(28)22(19)27)12-11-24-13-15-29-16-14-24/h1-10,20,26H,11-16H2/b21-19-. The molecule has 2 aromatic rings. The molecule has 2 saturated heterocycles. The van der Waals surface area contributed by atoms with Crippen molar-refractivity contribution in [3.8, 4) is 0 Å². The lowest BCUT2D eigenvalue weighted by Gasteiger charge is -2.31. The summed E-state index contributed by atoms with van der Waals surface area (Å²) in [6.45, 7) is 4.04. The average molecular weight is 392 g/mol. The monoisotopic (exact) mass is 392 g/mol. The minimum Gasteiger partial charge on any atom is -0.507 e. The lowest BCUT2D eigenvalue weighted by Crippen LogP contribution is -2.42. The third-order valence-corrected chi connectivity index (χ3v) is 5.46. The van der Waals surface area contributed by atoms with E-state index in [1.807, 2.05) is 36.4 Å². The van der Waals surface area contributed by atoms with Crippen LogP contribution in [0.3, 0.4) is 0 Å². The Bertz CT molecular complexity index is 905. The first-order valence-corrected chi connectivity index (χ1v) is 9.85. The number of ketones is 1. The number of Topliss-reactive ketones (excluding diaryl/α,β-unsaturated/α-hetero) is 1. The molecule has 0 aromatic heterocycles. The lowest BCUT2D eigenvalue weighted by molar-refractivity contribution is -0.140. The van der Waals surface area contributed by atoms with Gasteiger partial charge in [-0.15, -0.1) is 0 Å². The van der Waals surface area contributed by atoms with E-state index < -0.39 is 17.7 Å². The average Bonchev–Trinajstić information content (AvgIpc) is 3.04. The zero-order valence-corrected chi connectivity index (χ0v) is 16.2. The van der Waals surface area contributed by atoms with Crippen LogP contribution in [0.15, 0.2) is 66.2 Å². The first-order valence-electron chi connectivity index (χ1n) is 9.85. The highest BCUT2D eigenvalue weighted by Crippen LogP contribution is 2.39. The first-order chi connectivity index (χ1) is 14.2. The summed E-state index contributed by atoms with van der Waals surface area (Å²) in [5, 5.41) is 10.9. The molecule has 0 aliphatic carbocycles. The largest absolute Gasteiger partial charge is 0.507 e. The molecular weight excluding hydrogens is 368 g/mol. The van der Waals surface area contributed by atoms with Gasteiger partial charge in [0.05, 0.1) is 24.8 Å². The molecule has 29 heavy (non-hydrogen) atoms. The predicted molar refractivity (Wildman–Crippen MR) is 109 cm³/mol. The van der Waals surface area contributed by atoms with Crippen molar-refractivity contribution in [2.75, 3.05) is 39.4 Å². The highest BCUT2D eigenvalue weighted by atomic mass is 16.5. The molecule has 0 spiro atoms. The molecule has 0 bridgehead atoms. The molecule has 2 aliphatic heterocycles. The van der Waals surface area contributed by atoms with Crippen molar-refractivity contribution in [2.45, 2.75) is 6.04 Å². The molecular formula is C23H24N2O4. The third kappa shape index (κ3) is 3.95. The van der Waals surface area contributed by atoms with E-state index in [9.17, 15) is 14.7 Å². The molecule has 1 atom stereocenters. The highest BCUT2D eigenvalue weighted by molar-refractivity contribution is 6.46. The number of morpholine rings is 1. The van der Waals surface area contributed by atoms with E-state index in [1.165, 1.54) is 0 Å². The van der Waals surface area contributed by atoms with Gasteiger partial charge in [0, 0.05) is 31.7 Å². The topological polar surface area (TPSA) is 70.1 Å². The normalized spacial score (nSPS) is 22.2. The molecule has 6 heteroatoms. The third-order valence-electron chi connectivity index (χ3n) is 5.46. The molecule has 1 amide bonds. The van der Waals surface area contributed by atoms with Crippen LogP contribution in [0.2, 0.25) is 0 Å².